The molecule has 0 N–H and O–H groups in total. The molecule has 0 aliphatic carbocycles. The Hall–Kier alpha value is -0.820. The van der Waals surface area contributed by atoms with Crippen LogP contribution in [0.15, 0.2) is 30.3 Å². The third kappa shape index (κ3) is 10.3. The Balaban J connectivity index is 0.000000321. The smallest absolute Gasteiger partial charge is 0.0465 e. The van der Waals surface area contributed by atoms with Crippen LogP contribution in [0.5, 0.6) is 0 Å². The molecule has 1 rings (SSSR count). The van der Waals surface area contributed by atoms with Gasteiger partial charge in [-0.25, -0.2) is 0 Å². The summed E-state index contributed by atoms with van der Waals surface area (Å²) in [5.74, 6) is 0.659. The van der Waals surface area contributed by atoms with Crippen molar-refractivity contribution in [3.8, 4) is 0 Å². The highest BCUT2D eigenvalue weighted by molar-refractivity contribution is 5.17. The van der Waals surface area contributed by atoms with E-state index >= 15 is 0 Å². The molecule has 18 heavy (non-hydrogen) atoms. The maximum absolute atomic E-state index is 5.31. The standard InChI is InChI=1S/C9H12.C8H18O/c1-8(2)9-6-4-3-5-7-9;1-3-5-7-9-8-6-4-2/h3-8H,1-2H3;3-8H2,1-2H3. The first-order chi connectivity index (χ1) is 8.72. The fraction of sp³-hybridized carbons (Fsp3) is 0.647. The van der Waals surface area contributed by atoms with Crippen molar-refractivity contribution in [1.82, 2.24) is 0 Å². The molecule has 0 aromatic heterocycles. The van der Waals surface area contributed by atoms with Crippen LogP contribution in [0.25, 0.3) is 0 Å². The van der Waals surface area contributed by atoms with Gasteiger partial charge in [0.15, 0.2) is 0 Å². The van der Waals surface area contributed by atoms with Crippen molar-refractivity contribution < 1.29 is 4.74 Å². The molecule has 0 bridgehead atoms. The average molecular weight is 250 g/mol. The molecule has 1 aromatic rings. The number of unbranched alkanes of at least 4 members (excludes halogenated alkanes) is 2. The quantitative estimate of drug-likeness (QED) is 0.588. The van der Waals surface area contributed by atoms with E-state index in [-0.39, 0.29) is 0 Å². The summed E-state index contributed by atoms with van der Waals surface area (Å²) >= 11 is 0. The highest BCUT2D eigenvalue weighted by Crippen LogP contribution is 2.11. The molecule has 0 aliphatic heterocycles. The molecule has 0 heterocycles. The van der Waals surface area contributed by atoms with Gasteiger partial charge in [-0.15, -0.1) is 0 Å². The van der Waals surface area contributed by atoms with E-state index in [2.05, 4.69) is 52.0 Å². The van der Waals surface area contributed by atoms with Crippen molar-refractivity contribution >= 4 is 0 Å². The van der Waals surface area contributed by atoms with Crippen LogP contribution in [0.3, 0.4) is 0 Å². The summed E-state index contributed by atoms with van der Waals surface area (Å²) < 4.78 is 5.31. The average Bonchev–Trinajstić information content (AvgIpc) is 2.40. The van der Waals surface area contributed by atoms with E-state index in [0.717, 1.165) is 13.2 Å². The summed E-state index contributed by atoms with van der Waals surface area (Å²) in [4.78, 5) is 0. The first kappa shape index (κ1) is 17.2. The number of benzene rings is 1. The third-order valence-electron chi connectivity index (χ3n) is 2.75. The Morgan fingerprint density at radius 2 is 1.39 bits per heavy atom. The first-order valence-corrected chi connectivity index (χ1v) is 7.35. The Kier molecular flexibility index (Phi) is 12.1. The second-order valence-electron chi connectivity index (χ2n) is 4.88. The molecule has 0 saturated heterocycles. The maximum Gasteiger partial charge on any atom is 0.0465 e. The van der Waals surface area contributed by atoms with Crippen molar-refractivity contribution in [2.24, 2.45) is 0 Å². The van der Waals surface area contributed by atoms with Gasteiger partial charge in [0.2, 0.25) is 0 Å². The number of ether oxygens (including phenoxy) is 1. The largest absolute Gasteiger partial charge is 0.381 e. The van der Waals surface area contributed by atoms with Crippen LogP contribution < -0.4 is 0 Å². The van der Waals surface area contributed by atoms with Crippen molar-refractivity contribution in [1.29, 1.82) is 0 Å². The Morgan fingerprint density at radius 3 is 1.72 bits per heavy atom. The summed E-state index contributed by atoms with van der Waals surface area (Å²) in [6.45, 7) is 10.7. The van der Waals surface area contributed by atoms with Gasteiger partial charge in [0.05, 0.1) is 0 Å². The fourth-order valence-electron chi connectivity index (χ4n) is 1.43. The van der Waals surface area contributed by atoms with Crippen molar-refractivity contribution in [3.63, 3.8) is 0 Å². The van der Waals surface area contributed by atoms with Crippen LogP contribution in [0, 0.1) is 0 Å². The normalized spacial score (nSPS) is 10.1. The highest BCUT2D eigenvalue weighted by atomic mass is 16.5. The number of rotatable bonds is 7. The zero-order valence-electron chi connectivity index (χ0n) is 12.6. The van der Waals surface area contributed by atoms with E-state index in [9.17, 15) is 0 Å². The maximum atomic E-state index is 5.31. The Morgan fingerprint density at radius 1 is 0.889 bits per heavy atom. The van der Waals surface area contributed by atoms with E-state index in [0.29, 0.717) is 5.92 Å². The number of hydrogen-bond acceptors (Lipinski definition) is 1. The highest BCUT2D eigenvalue weighted by Gasteiger charge is 1.93. The van der Waals surface area contributed by atoms with Gasteiger partial charge in [0.1, 0.15) is 0 Å². The molecular weight excluding hydrogens is 220 g/mol. The second-order valence-corrected chi connectivity index (χ2v) is 4.88. The summed E-state index contributed by atoms with van der Waals surface area (Å²) in [5, 5.41) is 0. The van der Waals surface area contributed by atoms with Gasteiger partial charge < -0.3 is 4.74 Å². The molecule has 1 aromatic carbocycles. The summed E-state index contributed by atoms with van der Waals surface area (Å²) in [7, 11) is 0. The summed E-state index contributed by atoms with van der Waals surface area (Å²) in [6.07, 6.45) is 4.91. The zero-order valence-corrected chi connectivity index (χ0v) is 12.6. The Bertz CT molecular complexity index is 248. The van der Waals surface area contributed by atoms with Crippen LogP contribution in [0.2, 0.25) is 0 Å². The van der Waals surface area contributed by atoms with Crippen LogP contribution in [-0.2, 0) is 4.74 Å². The van der Waals surface area contributed by atoms with Gasteiger partial charge >= 0.3 is 0 Å². The minimum atomic E-state index is 0.659. The van der Waals surface area contributed by atoms with Crippen LogP contribution in [0.1, 0.15) is 64.9 Å². The van der Waals surface area contributed by atoms with Crippen molar-refractivity contribution in [3.05, 3.63) is 35.9 Å². The van der Waals surface area contributed by atoms with Crippen LogP contribution in [-0.4, -0.2) is 13.2 Å². The zero-order chi connectivity index (χ0) is 13.6. The molecule has 1 heteroatoms. The molecule has 0 aliphatic rings. The van der Waals surface area contributed by atoms with Crippen LogP contribution >= 0.6 is 0 Å². The van der Waals surface area contributed by atoms with Gasteiger partial charge in [-0.05, 0) is 24.3 Å². The molecule has 0 unspecified atom stereocenters. The molecule has 1 nitrogen and oxygen atoms in total. The second kappa shape index (κ2) is 12.6. The summed E-state index contributed by atoms with van der Waals surface area (Å²) in [6, 6.07) is 10.5. The van der Waals surface area contributed by atoms with Gasteiger partial charge in [-0.1, -0.05) is 70.9 Å². The van der Waals surface area contributed by atoms with Gasteiger partial charge in [-0.3, -0.25) is 0 Å². The fourth-order valence-corrected chi connectivity index (χ4v) is 1.43. The lowest BCUT2D eigenvalue weighted by atomic mass is 10.0. The molecule has 0 fully saturated rings. The molecule has 0 saturated carbocycles. The minimum absolute atomic E-state index is 0.659. The molecule has 0 amide bonds. The molecule has 104 valence electrons. The minimum Gasteiger partial charge on any atom is -0.381 e. The topological polar surface area (TPSA) is 9.23 Å². The SMILES string of the molecule is CC(C)c1ccccc1.CCCCOCCCC. The lowest BCUT2D eigenvalue weighted by Gasteiger charge is -2.01. The van der Waals surface area contributed by atoms with Crippen molar-refractivity contribution in [2.75, 3.05) is 13.2 Å². The van der Waals surface area contributed by atoms with Gasteiger partial charge in [0.25, 0.3) is 0 Å². The lowest BCUT2D eigenvalue weighted by Crippen LogP contribution is -1.95. The lowest BCUT2D eigenvalue weighted by molar-refractivity contribution is 0.128. The van der Waals surface area contributed by atoms with Gasteiger partial charge in [0, 0.05) is 13.2 Å². The van der Waals surface area contributed by atoms with E-state index in [1.54, 1.807) is 0 Å². The summed E-state index contributed by atoms with van der Waals surface area (Å²) in [5.41, 5.74) is 1.41. The van der Waals surface area contributed by atoms with Crippen LogP contribution in [0.4, 0.5) is 0 Å². The van der Waals surface area contributed by atoms with Crippen molar-refractivity contribution in [2.45, 2.75) is 59.3 Å². The molecule has 0 radical (unpaired) electrons. The number of hydrogen-bond donors (Lipinski definition) is 0. The first-order valence-electron chi connectivity index (χ1n) is 7.35. The molecule has 0 atom stereocenters. The Labute approximate surface area is 114 Å². The molecule has 0 spiro atoms. The van der Waals surface area contributed by atoms with E-state index in [1.165, 1.54) is 31.2 Å². The monoisotopic (exact) mass is 250 g/mol. The third-order valence-corrected chi connectivity index (χ3v) is 2.75. The van der Waals surface area contributed by atoms with E-state index in [4.69, 9.17) is 4.74 Å². The molecular formula is C17H30O. The predicted molar refractivity (Wildman–Crippen MR) is 81.2 cm³/mol. The van der Waals surface area contributed by atoms with Gasteiger partial charge in [-0.2, -0.15) is 0 Å². The van der Waals surface area contributed by atoms with E-state index < -0.39 is 0 Å². The predicted octanol–water partition coefficient (Wildman–Crippen LogP) is 5.41. The van der Waals surface area contributed by atoms with E-state index in [1.807, 2.05) is 6.07 Å².